The van der Waals surface area contributed by atoms with Gasteiger partial charge in [0, 0.05) is 25.2 Å². The van der Waals surface area contributed by atoms with Crippen LogP contribution >= 0.6 is 0 Å². The second kappa shape index (κ2) is 7.83. The Labute approximate surface area is 146 Å². The molecular formula is C18H22N4O3. The summed E-state index contributed by atoms with van der Waals surface area (Å²) in [5.74, 6) is 1.37. The summed E-state index contributed by atoms with van der Waals surface area (Å²) >= 11 is 0. The molecule has 25 heavy (non-hydrogen) atoms. The molecule has 2 N–H and O–H groups in total. The minimum Gasteiger partial charge on any atom is -0.444 e. The number of carbonyl (C=O) groups is 2. The summed E-state index contributed by atoms with van der Waals surface area (Å²) in [5, 5.41) is 5.48. The fourth-order valence-electron chi connectivity index (χ4n) is 2.81. The first-order valence-corrected chi connectivity index (χ1v) is 8.43. The maximum atomic E-state index is 12.0. The van der Waals surface area contributed by atoms with Gasteiger partial charge < -0.3 is 20.0 Å². The number of hydrogen-bond acceptors (Lipinski definition) is 4. The number of rotatable bonds is 5. The molecule has 1 saturated heterocycles. The van der Waals surface area contributed by atoms with E-state index in [1.54, 1.807) is 13.1 Å². The van der Waals surface area contributed by atoms with E-state index in [1.165, 1.54) is 0 Å². The van der Waals surface area contributed by atoms with Crippen LogP contribution in [0.5, 0.6) is 0 Å². The minimum atomic E-state index is -0.331. The molecule has 3 rings (SSSR count). The van der Waals surface area contributed by atoms with Crippen molar-refractivity contribution in [2.75, 3.05) is 11.9 Å². The highest BCUT2D eigenvalue weighted by molar-refractivity contribution is 5.89. The van der Waals surface area contributed by atoms with Gasteiger partial charge in [-0.25, -0.2) is 9.78 Å². The molecule has 2 heterocycles. The van der Waals surface area contributed by atoms with Crippen LogP contribution in [0.25, 0.3) is 0 Å². The molecule has 0 saturated carbocycles. The third kappa shape index (κ3) is 4.82. The number of oxazole rings is 1. The molecule has 7 heteroatoms. The zero-order valence-corrected chi connectivity index (χ0v) is 14.2. The van der Waals surface area contributed by atoms with Gasteiger partial charge in [-0.05, 0) is 37.5 Å². The quantitative estimate of drug-likeness (QED) is 0.874. The standard InChI is InChI=1S/C18H22N4O3/c1-13-10-19-16(25-13)11-20-18(24)21-15-6-4-5-14(9-15)12-22-8-3-2-7-17(22)23/h4-6,9-10H,2-3,7-8,11-12H2,1H3,(H2,20,21,24). The maximum absolute atomic E-state index is 12.0. The minimum absolute atomic E-state index is 0.198. The predicted molar refractivity (Wildman–Crippen MR) is 92.8 cm³/mol. The number of piperidine rings is 1. The number of aromatic nitrogens is 1. The number of aryl methyl sites for hydroxylation is 1. The molecule has 1 aliphatic rings. The first-order chi connectivity index (χ1) is 12.1. The summed E-state index contributed by atoms with van der Waals surface area (Å²) in [4.78, 5) is 29.8. The van der Waals surface area contributed by atoms with E-state index in [0.29, 0.717) is 30.3 Å². The van der Waals surface area contributed by atoms with Crippen LogP contribution in [0.3, 0.4) is 0 Å². The number of urea groups is 1. The van der Waals surface area contributed by atoms with E-state index in [-0.39, 0.29) is 18.5 Å². The number of nitrogens with zero attached hydrogens (tertiary/aromatic N) is 2. The number of likely N-dealkylation sites (tertiary alicyclic amines) is 1. The molecule has 132 valence electrons. The van der Waals surface area contributed by atoms with Crippen molar-refractivity contribution in [1.82, 2.24) is 15.2 Å². The normalized spacial score (nSPS) is 14.4. The molecular weight excluding hydrogens is 320 g/mol. The Morgan fingerprint density at radius 1 is 1.36 bits per heavy atom. The number of carbonyl (C=O) groups excluding carboxylic acids is 2. The maximum Gasteiger partial charge on any atom is 0.319 e. The van der Waals surface area contributed by atoms with E-state index >= 15 is 0 Å². The molecule has 0 aliphatic carbocycles. The summed E-state index contributed by atoms with van der Waals surface area (Å²) in [5.41, 5.74) is 1.68. The number of anilines is 1. The van der Waals surface area contributed by atoms with Crippen molar-refractivity contribution in [2.45, 2.75) is 39.3 Å². The molecule has 1 aromatic heterocycles. The Kier molecular flexibility index (Phi) is 5.33. The highest BCUT2D eigenvalue weighted by atomic mass is 16.4. The van der Waals surface area contributed by atoms with Crippen LogP contribution in [0.4, 0.5) is 10.5 Å². The summed E-state index contributed by atoms with van der Waals surface area (Å²) in [7, 11) is 0. The van der Waals surface area contributed by atoms with Gasteiger partial charge >= 0.3 is 6.03 Å². The second-order valence-electron chi connectivity index (χ2n) is 6.15. The molecule has 0 radical (unpaired) electrons. The van der Waals surface area contributed by atoms with E-state index in [9.17, 15) is 9.59 Å². The van der Waals surface area contributed by atoms with E-state index < -0.39 is 0 Å². The Bertz CT molecular complexity index is 756. The van der Waals surface area contributed by atoms with Crippen LogP contribution in [0.1, 0.15) is 36.5 Å². The van der Waals surface area contributed by atoms with Gasteiger partial charge in [0.05, 0.1) is 12.7 Å². The largest absolute Gasteiger partial charge is 0.444 e. The van der Waals surface area contributed by atoms with Crippen LogP contribution in [-0.2, 0) is 17.9 Å². The number of nitrogens with one attached hydrogen (secondary N) is 2. The summed E-state index contributed by atoms with van der Waals surface area (Å²) < 4.78 is 5.31. The van der Waals surface area contributed by atoms with Crippen molar-refractivity contribution in [3.63, 3.8) is 0 Å². The number of amides is 3. The van der Waals surface area contributed by atoms with Crippen LogP contribution in [0, 0.1) is 6.92 Å². The Hall–Kier alpha value is -2.83. The van der Waals surface area contributed by atoms with Crippen molar-refractivity contribution in [2.24, 2.45) is 0 Å². The smallest absolute Gasteiger partial charge is 0.319 e. The van der Waals surface area contributed by atoms with Crippen molar-refractivity contribution in [1.29, 1.82) is 0 Å². The zero-order chi connectivity index (χ0) is 17.6. The molecule has 1 fully saturated rings. The Morgan fingerprint density at radius 2 is 2.24 bits per heavy atom. The average molecular weight is 342 g/mol. The molecule has 0 unspecified atom stereocenters. The average Bonchev–Trinajstić information content (AvgIpc) is 3.01. The molecule has 3 amide bonds. The molecule has 7 nitrogen and oxygen atoms in total. The van der Waals surface area contributed by atoms with Crippen molar-refractivity contribution in [3.8, 4) is 0 Å². The zero-order valence-electron chi connectivity index (χ0n) is 14.2. The third-order valence-corrected chi connectivity index (χ3v) is 4.05. The Balaban J connectivity index is 1.53. The highest BCUT2D eigenvalue weighted by Crippen LogP contribution is 2.17. The van der Waals surface area contributed by atoms with Gasteiger partial charge in [0.25, 0.3) is 0 Å². The first-order valence-electron chi connectivity index (χ1n) is 8.43. The van der Waals surface area contributed by atoms with Crippen molar-refractivity contribution in [3.05, 3.63) is 47.7 Å². The Morgan fingerprint density at radius 3 is 3.00 bits per heavy atom. The molecule has 1 aliphatic heterocycles. The van der Waals surface area contributed by atoms with E-state index in [1.807, 2.05) is 29.2 Å². The van der Waals surface area contributed by atoms with Gasteiger partial charge in [-0.3, -0.25) is 4.79 Å². The van der Waals surface area contributed by atoms with Crippen molar-refractivity contribution < 1.29 is 14.0 Å². The van der Waals surface area contributed by atoms with Gasteiger partial charge in [0.2, 0.25) is 11.8 Å². The van der Waals surface area contributed by atoms with Crippen LogP contribution in [-0.4, -0.2) is 28.4 Å². The van der Waals surface area contributed by atoms with Gasteiger partial charge in [0.15, 0.2) is 0 Å². The number of hydrogen-bond donors (Lipinski definition) is 2. The van der Waals surface area contributed by atoms with Gasteiger partial charge in [0.1, 0.15) is 5.76 Å². The molecule has 0 bridgehead atoms. The first kappa shape index (κ1) is 17.0. The van der Waals surface area contributed by atoms with Crippen LogP contribution < -0.4 is 10.6 Å². The lowest BCUT2D eigenvalue weighted by Gasteiger charge is -2.26. The highest BCUT2D eigenvalue weighted by Gasteiger charge is 2.18. The van der Waals surface area contributed by atoms with Gasteiger partial charge in [-0.1, -0.05) is 12.1 Å². The summed E-state index contributed by atoms with van der Waals surface area (Å²) in [6, 6.07) is 7.20. The molecule has 0 atom stereocenters. The summed E-state index contributed by atoms with van der Waals surface area (Å²) in [6.07, 6.45) is 4.26. The van der Waals surface area contributed by atoms with Crippen LogP contribution in [0.2, 0.25) is 0 Å². The molecule has 1 aromatic carbocycles. The van der Waals surface area contributed by atoms with E-state index in [2.05, 4.69) is 15.6 Å². The lowest BCUT2D eigenvalue weighted by Crippen LogP contribution is -2.34. The fourth-order valence-corrected chi connectivity index (χ4v) is 2.81. The third-order valence-electron chi connectivity index (χ3n) is 4.05. The second-order valence-corrected chi connectivity index (χ2v) is 6.15. The number of benzene rings is 1. The lowest BCUT2D eigenvalue weighted by molar-refractivity contribution is -0.133. The predicted octanol–water partition coefficient (Wildman–Crippen LogP) is 2.82. The molecule has 0 spiro atoms. The van der Waals surface area contributed by atoms with E-state index in [0.717, 1.165) is 24.9 Å². The lowest BCUT2D eigenvalue weighted by atomic mass is 10.1. The van der Waals surface area contributed by atoms with E-state index in [4.69, 9.17) is 4.42 Å². The SMILES string of the molecule is Cc1cnc(CNC(=O)Nc2cccc(CN3CCCCC3=O)c2)o1. The van der Waals surface area contributed by atoms with Crippen LogP contribution in [0.15, 0.2) is 34.9 Å². The topological polar surface area (TPSA) is 87.5 Å². The van der Waals surface area contributed by atoms with Gasteiger partial charge in [-0.2, -0.15) is 0 Å². The monoisotopic (exact) mass is 342 g/mol. The van der Waals surface area contributed by atoms with Gasteiger partial charge in [-0.15, -0.1) is 0 Å². The fraction of sp³-hybridized carbons (Fsp3) is 0.389. The summed E-state index contributed by atoms with van der Waals surface area (Å²) in [6.45, 7) is 3.40. The van der Waals surface area contributed by atoms with Crippen molar-refractivity contribution >= 4 is 17.6 Å². The molecule has 2 aromatic rings.